The zero-order valence-electron chi connectivity index (χ0n) is 13.7. The molecule has 6 nitrogen and oxygen atoms in total. The van der Waals surface area contributed by atoms with Gasteiger partial charge in [0, 0.05) is 25.7 Å². The van der Waals surface area contributed by atoms with Gasteiger partial charge in [-0.2, -0.15) is 4.31 Å². The molecule has 0 aliphatic carbocycles. The second-order valence-corrected chi connectivity index (χ2v) is 7.85. The zero-order valence-corrected chi connectivity index (χ0v) is 14.5. The van der Waals surface area contributed by atoms with Crippen molar-refractivity contribution in [3.63, 3.8) is 0 Å². The van der Waals surface area contributed by atoms with E-state index in [4.69, 9.17) is 5.73 Å². The second-order valence-electron chi connectivity index (χ2n) is 5.91. The minimum atomic E-state index is -3.21. The molecule has 1 aromatic carbocycles. The fourth-order valence-corrected chi connectivity index (χ4v) is 4.36. The Hall–Kier alpha value is -1.44. The molecule has 1 atom stereocenters. The van der Waals surface area contributed by atoms with Crippen LogP contribution < -0.4 is 5.73 Å². The first-order valence-corrected chi connectivity index (χ1v) is 9.75. The summed E-state index contributed by atoms with van der Waals surface area (Å²) < 4.78 is 25.1. The Morgan fingerprint density at radius 2 is 1.87 bits per heavy atom. The molecule has 0 spiro atoms. The summed E-state index contributed by atoms with van der Waals surface area (Å²) in [6.07, 6.45) is 2.53. The van der Waals surface area contributed by atoms with E-state index in [1.165, 1.54) is 10.6 Å². The molecular formula is C16H25N3O3S. The number of hydrogen-bond donors (Lipinski definition) is 1. The lowest BCUT2D eigenvalue weighted by Crippen LogP contribution is -2.50. The Labute approximate surface area is 138 Å². The quantitative estimate of drug-likeness (QED) is 0.866. The smallest absolute Gasteiger partial charge is 0.244 e. The lowest BCUT2D eigenvalue weighted by molar-refractivity contribution is -0.134. The molecule has 0 aromatic heterocycles. The van der Waals surface area contributed by atoms with E-state index in [-0.39, 0.29) is 11.9 Å². The number of amides is 1. The first kappa shape index (κ1) is 17.9. The van der Waals surface area contributed by atoms with Gasteiger partial charge >= 0.3 is 0 Å². The van der Waals surface area contributed by atoms with Crippen molar-refractivity contribution in [2.45, 2.75) is 31.8 Å². The maximum atomic E-state index is 12.5. The molecule has 1 aliphatic heterocycles. The highest BCUT2D eigenvalue weighted by Crippen LogP contribution is 2.21. The number of carbonyl (C=O) groups excluding carboxylic acids is 1. The van der Waals surface area contributed by atoms with Crippen molar-refractivity contribution in [3.05, 3.63) is 35.9 Å². The highest BCUT2D eigenvalue weighted by Gasteiger charge is 2.32. The Kier molecular flexibility index (Phi) is 5.78. The van der Waals surface area contributed by atoms with Crippen LogP contribution in [-0.4, -0.2) is 55.5 Å². The second kappa shape index (κ2) is 7.42. The van der Waals surface area contributed by atoms with Gasteiger partial charge in [0.15, 0.2) is 0 Å². The van der Waals surface area contributed by atoms with E-state index in [0.29, 0.717) is 32.5 Å². The molecule has 0 saturated carbocycles. The van der Waals surface area contributed by atoms with Crippen LogP contribution in [0, 0.1) is 0 Å². The highest BCUT2D eigenvalue weighted by molar-refractivity contribution is 7.88. The highest BCUT2D eigenvalue weighted by atomic mass is 32.2. The lowest BCUT2D eigenvalue weighted by Gasteiger charge is -2.37. The van der Waals surface area contributed by atoms with Crippen LogP contribution >= 0.6 is 0 Å². The van der Waals surface area contributed by atoms with Crippen LogP contribution in [0.4, 0.5) is 0 Å². The fraction of sp³-hybridized carbons (Fsp3) is 0.562. The Balaban J connectivity index is 1.97. The Bertz CT molecular complexity index is 625. The molecular weight excluding hydrogens is 314 g/mol. The molecule has 23 heavy (non-hydrogen) atoms. The van der Waals surface area contributed by atoms with Gasteiger partial charge < -0.3 is 10.6 Å². The van der Waals surface area contributed by atoms with E-state index < -0.39 is 16.1 Å². The van der Waals surface area contributed by atoms with Crippen LogP contribution in [-0.2, 0) is 14.8 Å². The van der Waals surface area contributed by atoms with Crippen LogP contribution in [0.15, 0.2) is 30.3 Å². The number of likely N-dealkylation sites (tertiary alicyclic amines) is 1. The van der Waals surface area contributed by atoms with Crippen molar-refractivity contribution in [1.29, 1.82) is 0 Å². The van der Waals surface area contributed by atoms with Crippen LogP contribution in [0.2, 0.25) is 0 Å². The molecule has 1 fully saturated rings. The van der Waals surface area contributed by atoms with E-state index >= 15 is 0 Å². The summed E-state index contributed by atoms with van der Waals surface area (Å²) in [4.78, 5) is 14.3. The molecule has 1 aliphatic rings. The summed E-state index contributed by atoms with van der Waals surface area (Å²) in [5.41, 5.74) is 6.86. The van der Waals surface area contributed by atoms with E-state index in [9.17, 15) is 13.2 Å². The third-order valence-corrected chi connectivity index (χ3v) is 5.75. The standard InChI is InChI=1S/C16H25N3O3S/c1-3-19(23(2,21)22)14-9-11-18(12-10-14)16(20)15(17)13-7-5-4-6-8-13/h4-8,14-15H,3,9-12,17H2,1-2H3. The maximum Gasteiger partial charge on any atom is 0.244 e. The predicted octanol–water partition coefficient (Wildman–Crippen LogP) is 0.959. The largest absolute Gasteiger partial charge is 0.341 e. The van der Waals surface area contributed by atoms with Crippen molar-refractivity contribution < 1.29 is 13.2 Å². The van der Waals surface area contributed by atoms with Crippen LogP contribution in [0.3, 0.4) is 0 Å². The molecule has 1 unspecified atom stereocenters. The monoisotopic (exact) mass is 339 g/mol. The molecule has 1 aromatic rings. The van der Waals surface area contributed by atoms with Gasteiger partial charge in [0.2, 0.25) is 15.9 Å². The molecule has 1 heterocycles. The summed E-state index contributed by atoms with van der Waals surface area (Å²) in [5, 5.41) is 0. The lowest BCUT2D eigenvalue weighted by atomic mass is 10.0. The van der Waals surface area contributed by atoms with Crippen LogP contribution in [0.25, 0.3) is 0 Å². The molecule has 0 bridgehead atoms. The summed E-state index contributed by atoms with van der Waals surface area (Å²) in [7, 11) is -3.21. The minimum Gasteiger partial charge on any atom is -0.341 e. The number of carbonyl (C=O) groups is 1. The molecule has 0 radical (unpaired) electrons. The number of sulfonamides is 1. The van der Waals surface area contributed by atoms with Gasteiger partial charge in [0.1, 0.15) is 6.04 Å². The molecule has 2 rings (SSSR count). The van der Waals surface area contributed by atoms with Crippen molar-refractivity contribution in [1.82, 2.24) is 9.21 Å². The minimum absolute atomic E-state index is 0.0352. The number of nitrogens with zero attached hydrogens (tertiary/aromatic N) is 2. The first-order valence-electron chi connectivity index (χ1n) is 7.90. The van der Waals surface area contributed by atoms with Gasteiger partial charge in [-0.05, 0) is 18.4 Å². The third-order valence-electron chi connectivity index (χ3n) is 4.35. The Morgan fingerprint density at radius 1 is 1.30 bits per heavy atom. The van der Waals surface area contributed by atoms with Gasteiger partial charge in [-0.25, -0.2) is 8.42 Å². The number of piperidine rings is 1. The number of rotatable bonds is 5. The van der Waals surface area contributed by atoms with Gasteiger partial charge in [0.25, 0.3) is 0 Å². The van der Waals surface area contributed by atoms with E-state index in [2.05, 4.69) is 0 Å². The molecule has 7 heteroatoms. The molecule has 1 saturated heterocycles. The molecule has 2 N–H and O–H groups in total. The van der Waals surface area contributed by atoms with Gasteiger partial charge in [-0.15, -0.1) is 0 Å². The fourth-order valence-electron chi connectivity index (χ4n) is 3.14. The third kappa shape index (κ3) is 4.31. The van der Waals surface area contributed by atoms with Crippen LogP contribution in [0.5, 0.6) is 0 Å². The summed E-state index contributed by atoms with van der Waals surface area (Å²) in [5.74, 6) is -0.0999. The average molecular weight is 339 g/mol. The van der Waals surface area contributed by atoms with E-state index in [1.54, 1.807) is 4.90 Å². The topological polar surface area (TPSA) is 83.7 Å². The molecule has 128 valence electrons. The first-order chi connectivity index (χ1) is 10.8. The summed E-state index contributed by atoms with van der Waals surface area (Å²) in [6, 6.07) is 8.60. The van der Waals surface area contributed by atoms with Gasteiger partial charge in [-0.1, -0.05) is 37.3 Å². The van der Waals surface area contributed by atoms with Crippen LogP contribution in [0.1, 0.15) is 31.4 Å². The van der Waals surface area contributed by atoms with Gasteiger partial charge in [0.05, 0.1) is 6.26 Å². The summed E-state index contributed by atoms with van der Waals surface area (Å²) in [6.45, 7) is 3.37. The maximum absolute atomic E-state index is 12.5. The van der Waals surface area contributed by atoms with Crippen molar-refractivity contribution >= 4 is 15.9 Å². The van der Waals surface area contributed by atoms with E-state index in [0.717, 1.165) is 5.56 Å². The molecule has 1 amide bonds. The average Bonchev–Trinajstić information content (AvgIpc) is 2.54. The SMILES string of the molecule is CCN(C1CCN(C(=O)C(N)c2ccccc2)CC1)S(C)(=O)=O. The normalized spacial score (nSPS) is 18.2. The number of hydrogen-bond acceptors (Lipinski definition) is 4. The van der Waals surface area contributed by atoms with Gasteiger partial charge in [-0.3, -0.25) is 4.79 Å². The van der Waals surface area contributed by atoms with Crippen molar-refractivity contribution in [3.8, 4) is 0 Å². The summed E-state index contributed by atoms with van der Waals surface area (Å²) >= 11 is 0. The van der Waals surface area contributed by atoms with Crippen molar-refractivity contribution in [2.24, 2.45) is 5.73 Å². The number of benzene rings is 1. The van der Waals surface area contributed by atoms with Crippen molar-refractivity contribution in [2.75, 3.05) is 25.9 Å². The van der Waals surface area contributed by atoms with E-state index in [1.807, 2.05) is 37.3 Å². The number of nitrogens with two attached hydrogens (primary N) is 1. The Morgan fingerprint density at radius 3 is 2.35 bits per heavy atom. The zero-order chi connectivity index (χ0) is 17.0. The predicted molar refractivity (Wildman–Crippen MR) is 90.2 cm³/mol.